The minimum Gasteiger partial charge on any atom is -0.361 e. The van der Waals surface area contributed by atoms with Crippen molar-refractivity contribution in [2.75, 3.05) is 5.32 Å². The first kappa shape index (κ1) is 15.5. The number of allylic oxidation sites excluding steroid dienone is 6. The minimum absolute atomic E-state index is 0.154. The first-order valence-electron chi connectivity index (χ1n) is 8.53. The van der Waals surface area contributed by atoms with Gasteiger partial charge in [0, 0.05) is 41.6 Å². The molecule has 0 amide bonds. The Morgan fingerprint density at radius 2 is 2.19 bits per heavy atom. The number of hydrogen-bond donors (Lipinski definition) is 2. The second-order valence-corrected chi connectivity index (χ2v) is 6.22. The molecule has 27 heavy (non-hydrogen) atoms. The smallest absolute Gasteiger partial charge is 0.215 e. The maximum absolute atomic E-state index is 13.6. The Bertz CT molecular complexity index is 1100. The number of anilines is 1. The van der Waals surface area contributed by atoms with Crippen molar-refractivity contribution in [3.63, 3.8) is 0 Å². The van der Waals surface area contributed by atoms with Gasteiger partial charge in [-0.3, -0.25) is 5.43 Å². The summed E-state index contributed by atoms with van der Waals surface area (Å²) in [5.41, 5.74) is 6.66. The lowest BCUT2D eigenvalue weighted by molar-refractivity contribution is 0.652. The number of amidine groups is 1. The lowest BCUT2D eigenvalue weighted by atomic mass is 10.0. The Labute approximate surface area is 154 Å². The van der Waals surface area contributed by atoms with Gasteiger partial charge in [-0.25, -0.2) is 14.4 Å². The van der Waals surface area contributed by atoms with Gasteiger partial charge in [-0.1, -0.05) is 24.3 Å². The largest absolute Gasteiger partial charge is 0.361 e. The molecule has 2 aliphatic heterocycles. The molecule has 0 saturated carbocycles. The van der Waals surface area contributed by atoms with Crippen molar-refractivity contribution in [1.82, 2.24) is 15.0 Å². The Hall–Kier alpha value is -3.74. The van der Waals surface area contributed by atoms with Gasteiger partial charge in [0.05, 0.1) is 11.8 Å². The van der Waals surface area contributed by atoms with Crippen molar-refractivity contribution in [3.8, 4) is 0 Å². The van der Waals surface area contributed by atoms with E-state index in [2.05, 4.69) is 25.8 Å². The van der Waals surface area contributed by atoms with Gasteiger partial charge in [-0.2, -0.15) is 5.10 Å². The number of aromatic nitrogens is 2. The van der Waals surface area contributed by atoms with E-state index in [9.17, 15) is 4.39 Å². The van der Waals surface area contributed by atoms with Crippen LogP contribution in [-0.4, -0.2) is 21.1 Å². The van der Waals surface area contributed by atoms with E-state index >= 15 is 0 Å². The summed E-state index contributed by atoms with van der Waals surface area (Å²) in [6.45, 7) is 0. The fourth-order valence-electron chi connectivity index (χ4n) is 3.31. The average molecular weight is 358 g/mol. The molecule has 0 saturated heterocycles. The number of halogens is 1. The SMILES string of the molecule is FC1=CC2=NC(=NNC=C3C=CNc4ccccc43)c3nccn3C2C=C1. The molecular formula is C20H15FN6. The molecule has 0 fully saturated rings. The number of para-hydroxylation sites is 1. The highest BCUT2D eigenvalue weighted by Crippen LogP contribution is 2.28. The van der Waals surface area contributed by atoms with Crippen LogP contribution in [0.25, 0.3) is 5.57 Å². The van der Waals surface area contributed by atoms with Gasteiger partial charge in [0.2, 0.25) is 5.84 Å². The van der Waals surface area contributed by atoms with Crippen molar-refractivity contribution in [2.45, 2.75) is 6.04 Å². The van der Waals surface area contributed by atoms with Crippen LogP contribution in [0.1, 0.15) is 17.4 Å². The molecule has 3 aliphatic rings. The molecule has 0 bridgehead atoms. The maximum Gasteiger partial charge on any atom is 0.215 e. The van der Waals surface area contributed by atoms with Gasteiger partial charge in [0.15, 0.2) is 5.82 Å². The van der Waals surface area contributed by atoms with E-state index < -0.39 is 0 Å². The van der Waals surface area contributed by atoms with Crippen molar-refractivity contribution in [1.29, 1.82) is 0 Å². The molecule has 0 spiro atoms. The highest BCUT2D eigenvalue weighted by atomic mass is 19.1. The summed E-state index contributed by atoms with van der Waals surface area (Å²) in [5.74, 6) is 0.726. The van der Waals surface area contributed by atoms with Gasteiger partial charge in [0.1, 0.15) is 5.83 Å². The maximum atomic E-state index is 13.6. The van der Waals surface area contributed by atoms with Crippen LogP contribution in [0.2, 0.25) is 0 Å². The number of benzene rings is 1. The van der Waals surface area contributed by atoms with Gasteiger partial charge >= 0.3 is 0 Å². The molecule has 2 N–H and O–H groups in total. The van der Waals surface area contributed by atoms with E-state index in [4.69, 9.17) is 0 Å². The topological polar surface area (TPSA) is 66.6 Å². The second kappa shape index (κ2) is 6.21. The number of nitrogens with one attached hydrogen (secondary N) is 2. The molecule has 5 rings (SSSR count). The zero-order valence-corrected chi connectivity index (χ0v) is 14.2. The third-order valence-corrected chi connectivity index (χ3v) is 4.56. The summed E-state index contributed by atoms with van der Waals surface area (Å²) in [6, 6.07) is 7.86. The normalized spacial score (nSPS) is 22.5. The van der Waals surface area contributed by atoms with Crippen LogP contribution in [0, 0.1) is 0 Å². The molecule has 1 unspecified atom stereocenters. The lowest BCUT2D eigenvalue weighted by Crippen LogP contribution is -2.28. The average Bonchev–Trinajstić information content (AvgIpc) is 3.18. The molecule has 132 valence electrons. The van der Waals surface area contributed by atoms with Gasteiger partial charge < -0.3 is 9.88 Å². The van der Waals surface area contributed by atoms with E-state index in [1.165, 1.54) is 12.2 Å². The Balaban J connectivity index is 1.47. The van der Waals surface area contributed by atoms with E-state index in [0.29, 0.717) is 17.4 Å². The highest BCUT2D eigenvalue weighted by Gasteiger charge is 2.27. The van der Waals surface area contributed by atoms with Crippen LogP contribution < -0.4 is 10.7 Å². The van der Waals surface area contributed by atoms with E-state index in [1.54, 1.807) is 18.5 Å². The fraction of sp³-hybridized carbons (Fsp3) is 0.0500. The first-order chi connectivity index (χ1) is 13.3. The second-order valence-electron chi connectivity index (χ2n) is 6.22. The van der Waals surface area contributed by atoms with Crippen LogP contribution in [0.4, 0.5) is 10.1 Å². The van der Waals surface area contributed by atoms with Gasteiger partial charge in [0.25, 0.3) is 0 Å². The van der Waals surface area contributed by atoms with Crippen molar-refractivity contribution in [3.05, 3.63) is 90.6 Å². The summed E-state index contributed by atoms with van der Waals surface area (Å²) in [4.78, 5) is 8.83. The van der Waals surface area contributed by atoms with E-state index in [1.807, 2.05) is 47.3 Å². The van der Waals surface area contributed by atoms with Gasteiger partial charge in [-0.15, -0.1) is 0 Å². The van der Waals surface area contributed by atoms with Crippen LogP contribution in [0.3, 0.4) is 0 Å². The number of fused-ring (bicyclic) bond motifs is 4. The summed E-state index contributed by atoms with van der Waals surface area (Å²) in [7, 11) is 0. The van der Waals surface area contributed by atoms with Crippen LogP contribution in [0.5, 0.6) is 0 Å². The third kappa shape index (κ3) is 2.69. The number of imidazole rings is 1. The van der Waals surface area contributed by atoms with E-state index in [-0.39, 0.29) is 11.9 Å². The molecule has 1 aliphatic carbocycles. The molecule has 3 heterocycles. The summed E-state index contributed by atoms with van der Waals surface area (Å²) >= 11 is 0. The highest BCUT2D eigenvalue weighted by molar-refractivity contribution is 6.14. The minimum atomic E-state index is -0.320. The molecule has 6 nitrogen and oxygen atoms in total. The molecule has 2 aromatic rings. The van der Waals surface area contributed by atoms with Crippen LogP contribution in [0.15, 0.2) is 89.3 Å². The first-order valence-corrected chi connectivity index (χ1v) is 8.53. The predicted molar refractivity (Wildman–Crippen MR) is 104 cm³/mol. The van der Waals surface area contributed by atoms with Crippen LogP contribution >= 0.6 is 0 Å². The molecule has 7 heteroatoms. The van der Waals surface area contributed by atoms with Crippen molar-refractivity contribution >= 4 is 22.8 Å². The Morgan fingerprint density at radius 1 is 1.26 bits per heavy atom. The lowest BCUT2D eigenvalue weighted by Gasteiger charge is -2.24. The molecular weight excluding hydrogens is 343 g/mol. The van der Waals surface area contributed by atoms with Crippen molar-refractivity contribution in [2.24, 2.45) is 10.1 Å². The zero-order chi connectivity index (χ0) is 18.2. The number of hydrazone groups is 1. The molecule has 1 aromatic carbocycles. The number of aliphatic imine (C=N–C) groups is 1. The molecule has 1 aromatic heterocycles. The van der Waals surface area contributed by atoms with Crippen molar-refractivity contribution < 1.29 is 4.39 Å². The monoisotopic (exact) mass is 358 g/mol. The number of rotatable bonds is 2. The van der Waals surface area contributed by atoms with E-state index in [0.717, 1.165) is 16.8 Å². The molecule has 1 atom stereocenters. The fourth-order valence-corrected chi connectivity index (χ4v) is 3.31. The Morgan fingerprint density at radius 3 is 3.15 bits per heavy atom. The Kier molecular flexibility index (Phi) is 3.57. The quantitative estimate of drug-likeness (QED) is 0.807. The summed E-state index contributed by atoms with van der Waals surface area (Å²) in [6.07, 6.45) is 13.8. The zero-order valence-electron chi connectivity index (χ0n) is 14.2. The molecule has 0 radical (unpaired) electrons. The standard InChI is InChI=1S/C20H15FN6/c21-14-5-6-18-17(11-14)25-19(20-23-9-10-27(18)20)26-24-12-13-7-8-22-16-4-2-1-3-15(13)16/h1-12,18,22,24H. The number of hydrogen-bond acceptors (Lipinski definition) is 4. The van der Waals surface area contributed by atoms with Gasteiger partial charge in [-0.05, 0) is 24.3 Å². The van der Waals surface area contributed by atoms with Crippen LogP contribution in [-0.2, 0) is 0 Å². The summed E-state index contributed by atoms with van der Waals surface area (Å²) in [5, 5.41) is 7.58. The summed E-state index contributed by atoms with van der Waals surface area (Å²) < 4.78 is 15.5. The predicted octanol–water partition coefficient (Wildman–Crippen LogP) is 3.53. The third-order valence-electron chi connectivity index (χ3n) is 4.56. The number of nitrogens with zero attached hydrogens (tertiary/aromatic N) is 4.